The summed E-state index contributed by atoms with van der Waals surface area (Å²) in [7, 11) is 4.11. The molecule has 2 aliphatic heterocycles. The van der Waals surface area contributed by atoms with E-state index >= 15 is 4.39 Å². The molecule has 7 rings (SSSR count). The molecule has 0 bridgehead atoms. The van der Waals surface area contributed by atoms with Crippen molar-refractivity contribution in [2.45, 2.75) is 69.1 Å². The van der Waals surface area contributed by atoms with Crippen molar-refractivity contribution in [3.05, 3.63) is 47.7 Å². The van der Waals surface area contributed by atoms with E-state index in [1.807, 2.05) is 6.92 Å². The second kappa shape index (κ2) is 11.3. The first kappa shape index (κ1) is 30.0. The number of aromatic hydroxyl groups is 1. The minimum atomic E-state index is -0.908. The van der Waals surface area contributed by atoms with Gasteiger partial charge in [0, 0.05) is 36.8 Å². The molecule has 238 valence electrons. The summed E-state index contributed by atoms with van der Waals surface area (Å²) >= 11 is 0. The van der Waals surface area contributed by atoms with Gasteiger partial charge >= 0.3 is 6.01 Å². The maximum atomic E-state index is 16.7. The molecule has 3 aliphatic rings. The lowest BCUT2D eigenvalue weighted by Crippen LogP contribution is -2.54. The Balaban J connectivity index is 1.34. The first-order valence-corrected chi connectivity index (χ1v) is 15.9. The predicted octanol–water partition coefficient (Wildman–Crippen LogP) is 6.24. The number of nitrogens with one attached hydrogen (secondary N) is 1. The van der Waals surface area contributed by atoms with Crippen molar-refractivity contribution in [1.29, 1.82) is 0 Å². The largest absolute Gasteiger partial charge is 0.508 e. The summed E-state index contributed by atoms with van der Waals surface area (Å²) in [5.41, 5.74) is 0.165. The van der Waals surface area contributed by atoms with Gasteiger partial charge in [-0.05, 0) is 93.7 Å². The highest BCUT2D eigenvalue weighted by molar-refractivity contribution is 6.01. The zero-order valence-corrected chi connectivity index (χ0v) is 26.0. The number of pyridine rings is 1. The molecule has 45 heavy (non-hydrogen) atoms. The van der Waals surface area contributed by atoms with Crippen LogP contribution >= 0.6 is 0 Å². The number of phenols is 1. The fourth-order valence-corrected chi connectivity index (χ4v) is 7.72. The molecule has 2 N–H and O–H groups in total. The van der Waals surface area contributed by atoms with Gasteiger partial charge < -0.3 is 20.1 Å². The Morgan fingerprint density at radius 3 is 2.69 bits per heavy atom. The van der Waals surface area contributed by atoms with Gasteiger partial charge in [-0.15, -0.1) is 0 Å². The normalized spacial score (nSPS) is 22.7. The number of nitrogens with zero attached hydrogens (tertiary/aromatic N) is 5. The second-order valence-corrected chi connectivity index (χ2v) is 13.2. The molecular weight excluding hydrogens is 581 g/mol. The van der Waals surface area contributed by atoms with Crippen LogP contribution in [0.2, 0.25) is 0 Å². The zero-order valence-electron chi connectivity index (χ0n) is 26.0. The molecule has 8 nitrogen and oxygen atoms in total. The lowest BCUT2D eigenvalue weighted by Gasteiger charge is -2.47. The van der Waals surface area contributed by atoms with Crippen LogP contribution in [0.15, 0.2) is 30.5 Å². The van der Waals surface area contributed by atoms with Crippen LogP contribution in [-0.2, 0) is 6.42 Å². The lowest BCUT2D eigenvalue weighted by molar-refractivity contribution is 0.0738. The topological polar surface area (TPSA) is 86.6 Å². The number of halogens is 3. The average Bonchev–Trinajstić information content (AvgIpc) is 3.51. The molecule has 0 spiro atoms. The van der Waals surface area contributed by atoms with Crippen LogP contribution in [0.4, 0.5) is 19.0 Å². The van der Waals surface area contributed by atoms with Gasteiger partial charge in [-0.1, -0.05) is 13.0 Å². The second-order valence-electron chi connectivity index (χ2n) is 13.2. The molecular formula is C34H39F3N6O2. The molecule has 2 atom stereocenters. The lowest BCUT2D eigenvalue weighted by atomic mass is 9.75. The number of hydrogen-bond donors (Lipinski definition) is 2. The molecule has 0 radical (unpaired) electrons. The third kappa shape index (κ3) is 5.04. The molecule has 4 aromatic rings. The van der Waals surface area contributed by atoms with Gasteiger partial charge in [0.1, 0.15) is 41.4 Å². The van der Waals surface area contributed by atoms with Crippen molar-refractivity contribution >= 4 is 27.5 Å². The van der Waals surface area contributed by atoms with Crippen molar-refractivity contribution in [2.24, 2.45) is 0 Å². The predicted molar refractivity (Wildman–Crippen MR) is 169 cm³/mol. The summed E-state index contributed by atoms with van der Waals surface area (Å²) in [6, 6.07) is 5.86. The van der Waals surface area contributed by atoms with Crippen LogP contribution in [0.1, 0.15) is 51.0 Å². The van der Waals surface area contributed by atoms with E-state index in [-0.39, 0.29) is 40.7 Å². The van der Waals surface area contributed by atoms with Crippen molar-refractivity contribution in [3.63, 3.8) is 0 Å². The number of alkyl halides is 1. The summed E-state index contributed by atoms with van der Waals surface area (Å²) in [6.07, 6.45) is 6.35. The third-order valence-electron chi connectivity index (χ3n) is 10.5. The highest BCUT2D eigenvalue weighted by atomic mass is 19.1. The van der Waals surface area contributed by atoms with Crippen molar-refractivity contribution in [3.8, 4) is 23.0 Å². The Morgan fingerprint density at radius 2 is 1.96 bits per heavy atom. The highest BCUT2D eigenvalue weighted by Crippen LogP contribution is 2.42. The Labute approximate surface area is 260 Å². The van der Waals surface area contributed by atoms with Crippen molar-refractivity contribution < 1.29 is 23.0 Å². The standard InChI is InChI=1S/C34H39F3N6O2/c1-4-23-26(36)8-7-20-13-22(44)14-24(27(20)23)29-28(37)30-25(16-38-29)31(39-18-33(42(2)3)9-5-10-33)41-32(40-30)45-19-34-11-6-12-43(34)17-21(35)15-34/h7-8,13-14,16,21,44H,4-6,9-12,15,17-19H2,1-3H3,(H,39,40,41)/t21-,34+/m1/s1. The van der Waals surface area contributed by atoms with Gasteiger partial charge in [-0.25, -0.2) is 13.2 Å². The quantitative estimate of drug-likeness (QED) is 0.227. The summed E-state index contributed by atoms with van der Waals surface area (Å²) in [4.78, 5) is 18.1. The molecule has 2 saturated heterocycles. The number of fused-ring (bicyclic) bond motifs is 3. The smallest absolute Gasteiger partial charge is 0.319 e. The fourth-order valence-electron chi connectivity index (χ4n) is 7.72. The van der Waals surface area contributed by atoms with Crippen molar-refractivity contribution in [2.75, 3.05) is 45.7 Å². The van der Waals surface area contributed by atoms with E-state index in [1.54, 1.807) is 6.07 Å². The zero-order chi connectivity index (χ0) is 31.5. The first-order chi connectivity index (χ1) is 21.6. The van der Waals surface area contributed by atoms with Crippen LogP contribution < -0.4 is 10.1 Å². The minimum Gasteiger partial charge on any atom is -0.508 e. The van der Waals surface area contributed by atoms with E-state index < -0.39 is 23.3 Å². The number of ether oxygens (including phenoxy) is 1. The van der Waals surface area contributed by atoms with Gasteiger partial charge in [0.05, 0.1) is 10.9 Å². The summed E-state index contributed by atoms with van der Waals surface area (Å²) < 4.78 is 52.3. The van der Waals surface area contributed by atoms with Crippen LogP contribution in [-0.4, -0.2) is 87.4 Å². The van der Waals surface area contributed by atoms with E-state index in [2.05, 4.69) is 44.2 Å². The number of aryl methyl sites for hydroxylation is 1. The third-order valence-corrected chi connectivity index (χ3v) is 10.5. The van der Waals surface area contributed by atoms with E-state index in [9.17, 15) is 13.9 Å². The molecule has 1 saturated carbocycles. The summed E-state index contributed by atoms with van der Waals surface area (Å²) in [5, 5.41) is 15.4. The van der Waals surface area contributed by atoms with Gasteiger partial charge in [-0.2, -0.15) is 9.97 Å². The Bertz CT molecular complexity index is 1780. The van der Waals surface area contributed by atoms with E-state index in [4.69, 9.17) is 4.74 Å². The Morgan fingerprint density at radius 1 is 1.13 bits per heavy atom. The Hall–Kier alpha value is -3.70. The first-order valence-electron chi connectivity index (χ1n) is 15.9. The molecule has 0 amide bonds. The van der Waals surface area contributed by atoms with E-state index in [0.29, 0.717) is 53.5 Å². The highest BCUT2D eigenvalue weighted by Gasteiger charge is 2.49. The number of anilines is 1. The van der Waals surface area contributed by atoms with Crippen LogP contribution in [0.3, 0.4) is 0 Å². The molecule has 2 aromatic heterocycles. The van der Waals surface area contributed by atoms with Crippen molar-refractivity contribution in [1.82, 2.24) is 24.8 Å². The van der Waals surface area contributed by atoms with Gasteiger partial charge in [0.2, 0.25) is 0 Å². The summed E-state index contributed by atoms with van der Waals surface area (Å²) in [5.74, 6) is -0.814. The number of rotatable bonds is 9. The minimum absolute atomic E-state index is 0.00141. The molecule has 2 aromatic carbocycles. The summed E-state index contributed by atoms with van der Waals surface area (Å²) in [6.45, 7) is 3.84. The fraction of sp³-hybridized carbons (Fsp3) is 0.500. The SMILES string of the molecule is CCc1c(F)ccc2cc(O)cc(-c3ncc4c(NCC5(N(C)C)CCC5)nc(OC[C@@]56CCCN5C[C@H](F)C6)nc4c3F)c12. The number of phenolic OH excluding ortho intramolecular Hbond substituents is 1. The molecule has 0 unspecified atom stereocenters. The average molecular weight is 621 g/mol. The van der Waals surface area contributed by atoms with E-state index in [1.165, 1.54) is 24.4 Å². The maximum absolute atomic E-state index is 16.7. The van der Waals surface area contributed by atoms with Gasteiger partial charge in [-0.3, -0.25) is 9.88 Å². The van der Waals surface area contributed by atoms with Gasteiger partial charge in [0.25, 0.3) is 0 Å². The maximum Gasteiger partial charge on any atom is 0.319 e. The number of aromatic nitrogens is 3. The number of benzene rings is 2. The molecule has 11 heteroatoms. The number of likely N-dealkylation sites (N-methyl/N-ethyl adjacent to an activating group) is 1. The number of hydrogen-bond acceptors (Lipinski definition) is 8. The van der Waals surface area contributed by atoms with Gasteiger partial charge in [0.15, 0.2) is 5.82 Å². The molecule has 1 aliphatic carbocycles. The molecule has 3 fully saturated rings. The molecule has 4 heterocycles. The van der Waals surface area contributed by atoms with Crippen LogP contribution in [0.25, 0.3) is 32.9 Å². The monoisotopic (exact) mass is 620 g/mol. The van der Waals surface area contributed by atoms with Crippen LogP contribution in [0, 0.1) is 11.6 Å². The van der Waals surface area contributed by atoms with E-state index in [0.717, 1.165) is 38.6 Å². The van der Waals surface area contributed by atoms with Crippen LogP contribution in [0.5, 0.6) is 11.8 Å². The Kier molecular flexibility index (Phi) is 7.51.